The third-order valence-electron chi connectivity index (χ3n) is 5.65. The fourth-order valence-electron chi connectivity index (χ4n) is 3.99. The van der Waals surface area contributed by atoms with Crippen molar-refractivity contribution in [1.82, 2.24) is 19.6 Å². The summed E-state index contributed by atoms with van der Waals surface area (Å²) in [6.45, 7) is 0. The standard InChI is InChI=1S/C24H22N4O3S/c1-30-21-9-8-16(12-22(21)31-2)17-10-19-18(20(29)11-17)13-28-23(25-19)26-24(27-28)32-14-15-6-4-3-5-7-15/h3-9,12-13,17H,10-11,14H2,1-2H3. The lowest BCUT2D eigenvalue weighted by molar-refractivity contribution is 0.0962. The van der Waals surface area contributed by atoms with E-state index in [1.54, 1.807) is 36.7 Å². The molecule has 162 valence electrons. The first-order chi connectivity index (χ1) is 15.6. The van der Waals surface area contributed by atoms with Gasteiger partial charge in [-0.1, -0.05) is 48.2 Å². The number of carbonyl (C=O) groups is 1. The van der Waals surface area contributed by atoms with Crippen molar-refractivity contribution in [1.29, 1.82) is 0 Å². The molecule has 1 unspecified atom stereocenters. The molecule has 32 heavy (non-hydrogen) atoms. The van der Waals surface area contributed by atoms with Gasteiger partial charge in [0.1, 0.15) is 0 Å². The van der Waals surface area contributed by atoms with Crippen molar-refractivity contribution in [2.75, 3.05) is 14.2 Å². The predicted octanol–water partition coefficient (Wildman–Crippen LogP) is 4.35. The molecule has 0 aliphatic heterocycles. The van der Waals surface area contributed by atoms with Crippen LogP contribution in [0.25, 0.3) is 5.78 Å². The van der Waals surface area contributed by atoms with E-state index in [9.17, 15) is 4.79 Å². The second-order valence-corrected chi connectivity index (χ2v) is 8.60. The van der Waals surface area contributed by atoms with Gasteiger partial charge in [0.25, 0.3) is 5.78 Å². The Morgan fingerprint density at radius 1 is 1.03 bits per heavy atom. The zero-order chi connectivity index (χ0) is 22.1. The molecule has 0 fully saturated rings. The smallest absolute Gasteiger partial charge is 0.253 e. The molecule has 8 heteroatoms. The zero-order valence-electron chi connectivity index (χ0n) is 17.8. The average molecular weight is 447 g/mol. The maximum absolute atomic E-state index is 12.9. The Bertz CT molecular complexity index is 1290. The number of aromatic nitrogens is 4. The van der Waals surface area contributed by atoms with Crippen LogP contribution in [-0.2, 0) is 12.2 Å². The summed E-state index contributed by atoms with van der Waals surface area (Å²) in [7, 11) is 3.22. The molecule has 4 aromatic rings. The molecule has 5 rings (SSSR count). The SMILES string of the molecule is COc1ccc(C2CC(=O)c3cn4nc(SCc5ccccc5)nc4nc3C2)cc1OC. The van der Waals surface area contributed by atoms with E-state index in [1.807, 2.05) is 36.4 Å². The highest BCUT2D eigenvalue weighted by molar-refractivity contribution is 7.98. The Labute approximate surface area is 189 Å². The molecule has 7 nitrogen and oxygen atoms in total. The van der Waals surface area contributed by atoms with Crippen LogP contribution in [0, 0.1) is 0 Å². The second kappa shape index (κ2) is 8.63. The normalized spacial score (nSPS) is 15.6. The highest BCUT2D eigenvalue weighted by Gasteiger charge is 2.29. The minimum atomic E-state index is 0.0274. The summed E-state index contributed by atoms with van der Waals surface area (Å²) in [6.07, 6.45) is 2.84. The van der Waals surface area contributed by atoms with Crippen LogP contribution in [0.1, 0.15) is 39.5 Å². The maximum atomic E-state index is 12.9. The Kier molecular flexibility index (Phi) is 5.53. The van der Waals surface area contributed by atoms with Crippen LogP contribution in [0.4, 0.5) is 0 Å². The fraction of sp³-hybridized carbons (Fsp3) is 0.250. The summed E-state index contributed by atoms with van der Waals surface area (Å²) in [4.78, 5) is 22.2. The summed E-state index contributed by atoms with van der Waals surface area (Å²) in [5.41, 5.74) is 3.62. The van der Waals surface area contributed by atoms with Gasteiger partial charge in [0.15, 0.2) is 17.3 Å². The van der Waals surface area contributed by atoms with Gasteiger partial charge < -0.3 is 9.47 Å². The second-order valence-electron chi connectivity index (χ2n) is 7.66. The molecular weight excluding hydrogens is 424 g/mol. The molecular formula is C24H22N4O3S. The monoisotopic (exact) mass is 446 g/mol. The highest BCUT2D eigenvalue weighted by atomic mass is 32.2. The zero-order valence-corrected chi connectivity index (χ0v) is 18.6. The van der Waals surface area contributed by atoms with Gasteiger partial charge in [0, 0.05) is 18.4 Å². The number of carbonyl (C=O) groups excluding carboxylic acids is 1. The van der Waals surface area contributed by atoms with Gasteiger partial charge in [-0.05, 0) is 35.6 Å². The molecule has 1 aliphatic carbocycles. The number of nitrogens with zero attached hydrogens (tertiary/aromatic N) is 4. The van der Waals surface area contributed by atoms with E-state index in [0.717, 1.165) is 17.0 Å². The van der Waals surface area contributed by atoms with Gasteiger partial charge in [-0.2, -0.15) is 4.98 Å². The van der Waals surface area contributed by atoms with Crippen molar-refractivity contribution < 1.29 is 14.3 Å². The minimum absolute atomic E-state index is 0.0274. The lowest BCUT2D eigenvalue weighted by Crippen LogP contribution is -2.21. The van der Waals surface area contributed by atoms with E-state index in [-0.39, 0.29) is 11.7 Å². The van der Waals surface area contributed by atoms with E-state index in [4.69, 9.17) is 14.5 Å². The number of hydrogen-bond donors (Lipinski definition) is 0. The Morgan fingerprint density at radius 3 is 2.62 bits per heavy atom. The minimum Gasteiger partial charge on any atom is -0.493 e. The molecule has 0 radical (unpaired) electrons. The lowest BCUT2D eigenvalue weighted by Gasteiger charge is -2.23. The van der Waals surface area contributed by atoms with Gasteiger partial charge in [0.05, 0.1) is 25.5 Å². The number of benzene rings is 2. The van der Waals surface area contributed by atoms with Crippen LogP contribution in [0.15, 0.2) is 59.9 Å². The van der Waals surface area contributed by atoms with Crippen molar-refractivity contribution in [3.05, 3.63) is 77.1 Å². The van der Waals surface area contributed by atoms with Crippen LogP contribution in [0.3, 0.4) is 0 Å². The Hall–Kier alpha value is -3.39. The first kappa shape index (κ1) is 20.5. The number of fused-ring (bicyclic) bond motifs is 2. The third kappa shape index (κ3) is 3.93. The predicted molar refractivity (Wildman–Crippen MR) is 122 cm³/mol. The van der Waals surface area contributed by atoms with Crippen molar-refractivity contribution in [2.45, 2.75) is 29.7 Å². The van der Waals surface area contributed by atoms with Crippen LogP contribution in [-0.4, -0.2) is 39.6 Å². The quantitative estimate of drug-likeness (QED) is 0.408. The van der Waals surface area contributed by atoms with E-state index in [0.29, 0.717) is 40.8 Å². The Morgan fingerprint density at radius 2 is 1.84 bits per heavy atom. The van der Waals surface area contributed by atoms with E-state index in [1.165, 1.54) is 5.56 Å². The van der Waals surface area contributed by atoms with Crippen LogP contribution in [0.5, 0.6) is 11.5 Å². The van der Waals surface area contributed by atoms with E-state index < -0.39 is 0 Å². The molecule has 1 aliphatic rings. The summed E-state index contributed by atoms with van der Waals surface area (Å²) < 4.78 is 12.4. The molecule has 1 atom stereocenters. The molecule has 2 aromatic heterocycles. The number of Topliss-reactive ketones (excluding diaryl/α,β-unsaturated/α-hetero) is 1. The molecule has 2 heterocycles. The molecule has 0 amide bonds. The van der Waals surface area contributed by atoms with Crippen LogP contribution < -0.4 is 9.47 Å². The first-order valence-corrected chi connectivity index (χ1v) is 11.3. The van der Waals surface area contributed by atoms with Gasteiger partial charge >= 0.3 is 0 Å². The van der Waals surface area contributed by atoms with Crippen LogP contribution >= 0.6 is 11.8 Å². The summed E-state index contributed by atoms with van der Waals surface area (Å²) in [5, 5.41) is 5.16. The van der Waals surface area contributed by atoms with Gasteiger partial charge in [-0.25, -0.2) is 9.50 Å². The van der Waals surface area contributed by atoms with E-state index in [2.05, 4.69) is 22.2 Å². The maximum Gasteiger partial charge on any atom is 0.253 e. The molecule has 0 saturated heterocycles. The fourth-order valence-corrected chi connectivity index (χ4v) is 4.77. The topological polar surface area (TPSA) is 78.6 Å². The lowest BCUT2D eigenvalue weighted by atomic mass is 9.82. The van der Waals surface area contributed by atoms with Gasteiger partial charge in [0.2, 0.25) is 5.16 Å². The summed E-state index contributed by atoms with van der Waals surface area (Å²) in [5.74, 6) is 2.71. The third-order valence-corrected chi connectivity index (χ3v) is 6.56. The van der Waals surface area contributed by atoms with Crippen molar-refractivity contribution in [3.8, 4) is 11.5 Å². The van der Waals surface area contributed by atoms with Crippen LogP contribution in [0.2, 0.25) is 0 Å². The number of hydrogen-bond acceptors (Lipinski definition) is 7. The van der Waals surface area contributed by atoms with Gasteiger partial charge in [-0.15, -0.1) is 5.10 Å². The molecule has 0 N–H and O–H groups in total. The van der Waals surface area contributed by atoms with Crippen molar-refractivity contribution in [3.63, 3.8) is 0 Å². The summed E-state index contributed by atoms with van der Waals surface area (Å²) in [6, 6.07) is 16.0. The molecule has 2 aromatic carbocycles. The first-order valence-electron chi connectivity index (χ1n) is 10.3. The number of ether oxygens (including phenoxy) is 2. The van der Waals surface area contributed by atoms with Crippen molar-refractivity contribution in [2.24, 2.45) is 0 Å². The number of thioether (sulfide) groups is 1. The van der Waals surface area contributed by atoms with E-state index >= 15 is 0 Å². The van der Waals surface area contributed by atoms with Crippen molar-refractivity contribution >= 4 is 23.3 Å². The Balaban J connectivity index is 1.40. The molecule has 0 spiro atoms. The number of ketones is 1. The number of rotatable bonds is 6. The molecule has 0 saturated carbocycles. The highest BCUT2D eigenvalue weighted by Crippen LogP contribution is 2.36. The molecule has 0 bridgehead atoms. The summed E-state index contributed by atoms with van der Waals surface area (Å²) >= 11 is 1.55. The number of methoxy groups -OCH3 is 2. The average Bonchev–Trinajstić information content (AvgIpc) is 3.23. The largest absolute Gasteiger partial charge is 0.493 e. The van der Waals surface area contributed by atoms with Gasteiger partial charge in [-0.3, -0.25) is 4.79 Å².